The molecule has 0 saturated carbocycles. The van der Waals surface area contributed by atoms with Gasteiger partial charge < -0.3 is 24.8 Å². The van der Waals surface area contributed by atoms with Crippen LogP contribution >= 0.6 is 0 Å². The van der Waals surface area contributed by atoms with Crippen LogP contribution in [-0.4, -0.2) is 41.7 Å². The first-order valence-corrected chi connectivity index (χ1v) is 18.3. The molecule has 0 spiro atoms. The van der Waals surface area contributed by atoms with Gasteiger partial charge in [-0.05, 0) is 61.3 Å². The van der Waals surface area contributed by atoms with Gasteiger partial charge in [0.15, 0.2) is 6.29 Å². The summed E-state index contributed by atoms with van der Waals surface area (Å²) in [6.07, 6.45) is 15.6. The number of nitrogens with zero attached hydrogens (tertiary/aromatic N) is 1. The minimum atomic E-state index is -0.560. The fraction of sp³-hybridized carbons (Fsp3) is 0.537. The maximum Gasteiger partial charge on any atom is 0.255 e. The zero-order valence-electron chi connectivity index (χ0n) is 28.9. The number of hydrogen-bond donors (Lipinski definition) is 2. The van der Waals surface area contributed by atoms with Crippen molar-refractivity contribution in [3.63, 3.8) is 0 Å². The third-order valence-corrected chi connectivity index (χ3v) is 9.19. The number of benzene rings is 3. The van der Waals surface area contributed by atoms with Crippen molar-refractivity contribution in [2.75, 3.05) is 25.0 Å². The highest BCUT2D eigenvalue weighted by atomic mass is 16.7. The summed E-state index contributed by atoms with van der Waals surface area (Å²) in [5, 5.41) is 12.6. The van der Waals surface area contributed by atoms with E-state index in [1.165, 1.54) is 77.0 Å². The van der Waals surface area contributed by atoms with Gasteiger partial charge >= 0.3 is 0 Å². The Morgan fingerprint density at radius 2 is 1.38 bits per heavy atom. The van der Waals surface area contributed by atoms with Crippen molar-refractivity contribution >= 4 is 11.6 Å². The van der Waals surface area contributed by atoms with E-state index in [9.17, 15) is 9.90 Å². The van der Waals surface area contributed by atoms with Gasteiger partial charge in [0.25, 0.3) is 5.91 Å². The normalized spacial score (nSPS) is 18.0. The quantitative estimate of drug-likeness (QED) is 0.113. The minimum Gasteiger partial charge on any atom is -0.392 e. The van der Waals surface area contributed by atoms with Crippen molar-refractivity contribution in [2.45, 2.75) is 122 Å². The molecule has 3 unspecified atom stereocenters. The molecule has 3 aromatic carbocycles. The van der Waals surface area contributed by atoms with Gasteiger partial charge in [0.1, 0.15) is 0 Å². The molecular formula is C41H58N2O4. The smallest absolute Gasteiger partial charge is 0.255 e. The molecule has 1 fully saturated rings. The topological polar surface area (TPSA) is 71.0 Å². The van der Waals surface area contributed by atoms with Gasteiger partial charge in [-0.3, -0.25) is 4.79 Å². The number of nitrogens with one attached hydrogen (secondary N) is 1. The van der Waals surface area contributed by atoms with Crippen LogP contribution in [0.25, 0.3) is 0 Å². The van der Waals surface area contributed by atoms with Crippen LogP contribution in [0.4, 0.5) is 5.69 Å². The number of aliphatic hydroxyl groups is 1. The van der Waals surface area contributed by atoms with Crippen LogP contribution in [0.15, 0.2) is 78.9 Å². The minimum absolute atomic E-state index is 0.000910. The summed E-state index contributed by atoms with van der Waals surface area (Å²) < 4.78 is 13.4. The summed E-state index contributed by atoms with van der Waals surface area (Å²) >= 11 is 0. The van der Waals surface area contributed by atoms with E-state index in [1.807, 2.05) is 66.7 Å². The summed E-state index contributed by atoms with van der Waals surface area (Å²) in [6.45, 7) is 7.64. The zero-order chi connectivity index (χ0) is 33.1. The van der Waals surface area contributed by atoms with Crippen molar-refractivity contribution < 1.29 is 19.4 Å². The molecule has 0 aromatic heterocycles. The number of amides is 1. The standard InChI is InChI=1S/C41H58N2O4/c1-3-5-7-9-11-16-27-43(28-17-12-10-8-6-4-2)31-38-30-39(34-25-23-33(32-44)24-26-34)47-41(46-38)36-21-18-22-37(29-36)42-40(45)35-19-14-13-15-20-35/h13-15,18-26,29,38-39,41,44H,3-12,16-17,27-28,30-32H2,1-2H3,(H,42,45). The van der Waals surface area contributed by atoms with Crippen LogP contribution < -0.4 is 5.32 Å². The summed E-state index contributed by atoms with van der Waals surface area (Å²) in [4.78, 5) is 15.5. The molecule has 3 aromatic rings. The van der Waals surface area contributed by atoms with Crippen molar-refractivity contribution in [3.05, 3.63) is 101 Å². The molecule has 1 aliphatic rings. The van der Waals surface area contributed by atoms with Crippen molar-refractivity contribution in [1.29, 1.82) is 0 Å². The highest BCUT2D eigenvalue weighted by Gasteiger charge is 2.33. The number of ether oxygens (including phenoxy) is 2. The second-order valence-electron chi connectivity index (χ2n) is 13.1. The first-order chi connectivity index (χ1) is 23.1. The summed E-state index contributed by atoms with van der Waals surface area (Å²) in [7, 11) is 0. The molecule has 47 heavy (non-hydrogen) atoms. The van der Waals surface area contributed by atoms with Crippen LogP contribution in [0.5, 0.6) is 0 Å². The Balaban J connectivity index is 1.47. The number of rotatable bonds is 21. The van der Waals surface area contributed by atoms with Gasteiger partial charge in [-0.1, -0.05) is 133 Å². The van der Waals surface area contributed by atoms with Gasteiger partial charge in [0.2, 0.25) is 0 Å². The van der Waals surface area contributed by atoms with E-state index in [0.717, 1.165) is 42.7 Å². The number of hydrogen-bond acceptors (Lipinski definition) is 5. The number of unbranched alkanes of at least 4 members (excludes halogenated alkanes) is 10. The molecule has 2 N–H and O–H groups in total. The largest absolute Gasteiger partial charge is 0.392 e. The second-order valence-corrected chi connectivity index (χ2v) is 13.1. The fourth-order valence-electron chi connectivity index (χ4n) is 6.40. The Kier molecular flexibility index (Phi) is 16.5. The van der Waals surface area contributed by atoms with Crippen LogP contribution in [0.2, 0.25) is 0 Å². The highest BCUT2D eigenvalue weighted by molar-refractivity contribution is 6.04. The molecule has 3 atom stereocenters. The maximum absolute atomic E-state index is 12.9. The Bertz CT molecular complexity index is 1270. The summed E-state index contributed by atoms with van der Waals surface area (Å²) in [5.41, 5.74) is 4.19. The van der Waals surface area contributed by atoms with E-state index in [4.69, 9.17) is 9.47 Å². The van der Waals surface area contributed by atoms with Crippen LogP contribution in [-0.2, 0) is 16.1 Å². The summed E-state index contributed by atoms with van der Waals surface area (Å²) in [6, 6.07) is 25.2. The van der Waals surface area contributed by atoms with Crippen LogP contribution in [0, 0.1) is 0 Å². The molecule has 1 aliphatic heterocycles. The van der Waals surface area contributed by atoms with Gasteiger partial charge in [-0.25, -0.2) is 0 Å². The monoisotopic (exact) mass is 642 g/mol. The SMILES string of the molecule is CCCCCCCCN(CCCCCCCC)CC1CC(c2ccc(CO)cc2)OC(c2cccc(NC(=O)c3ccccc3)c2)O1. The fourth-order valence-corrected chi connectivity index (χ4v) is 6.40. The maximum atomic E-state index is 12.9. The molecule has 0 bridgehead atoms. The molecule has 1 saturated heterocycles. The third-order valence-electron chi connectivity index (χ3n) is 9.19. The lowest BCUT2D eigenvalue weighted by atomic mass is 9.99. The molecule has 256 valence electrons. The van der Waals surface area contributed by atoms with E-state index in [2.05, 4.69) is 36.2 Å². The lowest BCUT2D eigenvalue weighted by molar-refractivity contribution is -0.253. The molecule has 1 heterocycles. The number of carbonyl (C=O) groups is 1. The van der Waals surface area contributed by atoms with E-state index in [0.29, 0.717) is 11.3 Å². The van der Waals surface area contributed by atoms with Crippen molar-refractivity contribution in [1.82, 2.24) is 4.90 Å². The highest BCUT2D eigenvalue weighted by Crippen LogP contribution is 2.39. The second kappa shape index (κ2) is 21.0. The molecule has 0 radical (unpaired) electrons. The van der Waals surface area contributed by atoms with E-state index in [-0.39, 0.29) is 24.7 Å². The number of anilines is 1. The van der Waals surface area contributed by atoms with Crippen LogP contribution in [0.1, 0.15) is 137 Å². The molecule has 0 aliphatic carbocycles. The van der Waals surface area contributed by atoms with E-state index in [1.54, 1.807) is 0 Å². The molecule has 6 nitrogen and oxygen atoms in total. The first kappa shape index (κ1) is 36.8. The molecule has 6 heteroatoms. The Morgan fingerprint density at radius 3 is 2.02 bits per heavy atom. The van der Waals surface area contributed by atoms with E-state index >= 15 is 0 Å². The Hall–Kier alpha value is -3.03. The average molecular weight is 643 g/mol. The summed E-state index contributed by atoms with van der Waals surface area (Å²) in [5.74, 6) is -0.145. The predicted octanol–water partition coefficient (Wildman–Crippen LogP) is 10.00. The Morgan fingerprint density at radius 1 is 0.745 bits per heavy atom. The lowest BCUT2D eigenvalue weighted by Gasteiger charge is -2.38. The molecular weight excluding hydrogens is 584 g/mol. The number of aliphatic hydroxyl groups excluding tert-OH is 1. The van der Waals surface area contributed by atoms with Gasteiger partial charge in [-0.2, -0.15) is 0 Å². The third kappa shape index (κ3) is 12.8. The first-order valence-electron chi connectivity index (χ1n) is 18.3. The predicted molar refractivity (Wildman–Crippen MR) is 192 cm³/mol. The van der Waals surface area contributed by atoms with Gasteiger partial charge in [0, 0.05) is 29.8 Å². The van der Waals surface area contributed by atoms with Crippen molar-refractivity contribution in [2.24, 2.45) is 0 Å². The molecule has 4 rings (SSSR count). The van der Waals surface area contributed by atoms with E-state index < -0.39 is 6.29 Å². The Labute approximate surface area is 283 Å². The number of carbonyl (C=O) groups excluding carboxylic acids is 1. The van der Waals surface area contributed by atoms with Crippen molar-refractivity contribution in [3.8, 4) is 0 Å². The van der Waals surface area contributed by atoms with Gasteiger partial charge in [0.05, 0.1) is 18.8 Å². The zero-order valence-corrected chi connectivity index (χ0v) is 28.9. The lowest BCUT2D eigenvalue weighted by Crippen LogP contribution is -2.40. The van der Waals surface area contributed by atoms with Crippen LogP contribution in [0.3, 0.4) is 0 Å². The molecule has 1 amide bonds. The van der Waals surface area contributed by atoms with Gasteiger partial charge in [-0.15, -0.1) is 0 Å². The average Bonchev–Trinajstić information content (AvgIpc) is 3.11.